The Morgan fingerprint density at radius 3 is 2.06 bits per heavy atom. The van der Waals surface area contributed by atoms with Gasteiger partial charge in [-0.15, -0.1) is 0 Å². The molecule has 1 aromatic carbocycles. The molecule has 0 spiro atoms. The van der Waals surface area contributed by atoms with Gasteiger partial charge < -0.3 is 0 Å². The zero-order chi connectivity index (χ0) is 13.4. The van der Waals surface area contributed by atoms with E-state index in [9.17, 15) is 21.6 Å². The summed E-state index contributed by atoms with van der Waals surface area (Å²) in [7, 11) is -4.77. The van der Waals surface area contributed by atoms with Crippen LogP contribution in [-0.4, -0.2) is 14.6 Å². The second-order valence-electron chi connectivity index (χ2n) is 3.18. The van der Waals surface area contributed by atoms with E-state index in [1.165, 1.54) is 6.07 Å². The topological polar surface area (TPSA) is 60.2 Å². The van der Waals surface area contributed by atoms with Crippen molar-refractivity contribution < 1.29 is 21.6 Å². The summed E-state index contributed by atoms with van der Waals surface area (Å²) in [6, 6.07) is 3.42. The molecule has 0 aromatic heterocycles. The van der Waals surface area contributed by atoms with Crippen molar-refractivity contribution in [3.8, 4) is 0 Å². The summed E-state index contributed by atoms with van der Waals surface area (Å²) in [4.78, 5) is 0. The van der Waals surface area contributed by atoms with Crippen molar-refractivity contribution in [2.75, 3.05) is 0 Å². The number of halogens is 5. The molecule has 0 aliphatic carbocycles. The Bertz CT molecular complexity index is 530. The lowest BCUT2D eigenvalue weighted by atomic mass is 10.1. The van der Waals surface area contributed by atoms with E-state index in [-0.39, 0.29) is 0 Å². The van der Waals surface area contributed by atoms with Crippen LogP contribution in [0, 0.1) is 0 Å². The molecular weight excluding hydrogens is 391 g/mol. The summed E-state index contributed by atoms with van der Waals surface area (Å²) in [5, 5.41) is 1.89. The van der Waals surface area contributed by atoms with Gasteiger partial charge in [0.2, 0.25) is 10.0 Å². The molecule has 0 fully saturated rings. The lowest BCUT2D eigenvalue weighted by Crippen LogP contribution is -2.33. The van der Waals surface area contributed by atoms with E-state index < -0.39 is 27.0 Å². The molecule has 9 heteroatoms. The number of benzene rings is 1. The first-order valence-electron chi connectivity index (χ1n) is 4.07. The standard InChI is InChI=1S/C8H6Br2F3NO2S/c9-5-2-1-4(3-6(5)10)7(8(11,12)13)17(14,15)16/h1-3,7H,(H2,14,15,16). The summed E-state index contributed by atoms with van der Waals surface area (Å²) in [5.74, 6) is 0. The molecule has 0 aliphatic rings. The molecule has 0 heterocycles. The van der Waals surface area contributed by atoms with Crippen molar-refractivity contribution >= 4 is 41.9 Å². The van der Waals surface area contributed by atoms with Crippen LogP contribution in [0.4, 0.5) is 13.2 Å². The average Bonchev–Trinajstić information content (AvgIpc) is 2.06. The number of rotatable bonds is 2. The van der Waals surface area contributed by atoms with Gasteiger partial charge in [-0.3, -0.25) is 0 Å². The number of sulfonamides is 1. The Morgan fingerprint density at radius 2 is 1.71 bits per heavy atom. The van der Waals surface area contributed by atoms with Crippen molar-refractivity contribution in [1.29, 1.82) is 0 Å². The van der Waals surface area contributed by atoms with Crippen LogP contribution in [0.15, 0.2) is 27.1 Å². The van der Waals surface area contributed by atoms with Crippen LogP contribution >= 0.6 is 31.9 Å². The van der Waals surface area contributed by atoms with Gasteiger partial charge in [0.15, 0.2) is 5.25 Å². The summed E-state index contributed by atoms with van der Waals surface area (Å²) in [6.45, 7) is 0. The van der Waals surface area contributed by atoms with Gasteiger partial charge in [-0.1, -0.05) is 6.07 Å². The van der Waals surface area contributed by atoms with Crippen molar-refractivity contribution in [2.45, 2.75) is 11.4 Å². The zero-order valence-electron chi connectivity index (χ0n) is 8.00. The predicted molar refractivity (Wildman–Crippen MR) is 63.7 cm³/mol. The molecular formula is C8H6Br2F3NO2S. The number of primary sulfonamides is 1. The quantitative estimate of drug-likeness (QED) is 0.834. The summed E-state index contributed by atoms with van der Waals surface area (Å²) in [5.41, 5.74) is -0.435. The number of alkyl halides is 3. The second kappa shape index (κ2) is 4.87. The predicted octanol–water partition coefficient (Wildman–Crippen LogP) is 3.10. The van der Waals surface area contributed by atoms with Crippen molar-refractivity contribution in [3.05, 3.63) is 32.7 Å². The van der Waals surface area contributed by atoms with E-state index in [1.54, 1.807) is 0 Å². The molecule has 2 N–H and O–H groups in total. The van der Waals surface area contributed by atoms with E-state index in [2.05, 4.69) is 37.0 Å². The first-order valence-corrected chi connectivity index (χ1v) is 7.26. The van der Waals surface area contributed by atoms with Gasteiger partial charge in [0, 0.05) is 8.95 Å². The Hall–Kier alpha value is -0.120. The van der Waals surface area contributed by atoms with Crippen molar-refractivity contribution in [1.82, 2.24) is 0 Å². The van der Waals surface area contributed by atoms with E-state index >= 15 is 0 Å². The van der Waals surface area contributed by atoms with E-state index in [0.29, 0.717) is 8.95 Å². The number of hydrogen-bond acceptors (Lipinski definition) is 2. The molecule has 1 aromatic rings. The zero-order valence-corrected chi connectivity index (χ0v) is 12.0. The van der Waals surface area contributed by atoms with Crippen LogP contribution < -0.4 is 5.14 Å². The van der Waals surface area contributed by atoms with Crippen LogP contribution in [0.5, 0.6) is 0 Å². The van der Waals surface area contributed by atoms with E-state index in [1.807, 2.05) is 0 Å². The Balaban J connectivity index is 3.39. The van der Waals surface area contributed by atoms with Crippen molar-refractivity contribution in [3.63, 3.8) is 0 Å². The van der Waals surface area contributed by atoms with E-state index in [0.717, 1.165) is 12.1 Å². The summed E-state index contributed by atoms with van der Waals surface area (Å²) < 4.78 is 60.8. The molecule has 1 unspecified atom stereocenters. The number of nitrogens with two attached hydrogens (primary N) is 1. The summed E-state index contributed by atoms with van der Waals surface area (Å²) >= 11 is 6.07. The minimum absolute atomic E-state index is 0.313. The maximum atomic E-state index is 12.6. The molecule has 0 aliphatic heterocycles. The van der Waals surface area contributed by atoms with Crippen LogP contribution in [0.25, 0.3) is 0 Å². The summed E-state index contributed by atoms with van der Waals surface area (Å²) in [6.07, 6.45) is -4.96. The fourth-order valence-electron chi connectivity index (χ4n) is 1.24. The van der Waals surface area contributed by atoms with Crippen molar-refractivity contribution in [2.24, 2.45) is 5.14 Å². The third-order valence-corrected chi connectivity index (χ3v) is 4.95. The smallest absolute Gasteiger partial charge is 0.228 e. The number of hydrogen-bond donors (Lipinski definition) is 1. The SMILES string of the molecule is NS(=O)(=O)C(c1ccc(Br)c(Br)c1)C(F)(F)F. The Labute approximate surface area is 112 Å². The van der Waals surface area contributed by atoms with Gasteiger partial charge in [-0.25, -0.2) is 13.6 Å². The van der Waals surface area contributed by atoms with Gasteiger partial charge in [0.25, 0.3) is 0 Å². The van der Waals surface area contributed by atoms with Gasteiger partial charge in [0.05, 0.1) is 0 Å². The molecule has 96 valence electrons. The lowest BCUT2D eigenvalue weighted by Gasteiger charge is -2.18. The molecule has 0 saturated heterocycles. The third kappa shape index (κ3) is 3.67. The maximum absolute atomic E-state index is 12.6. The third-order valence-electron chi connectivity index (χ3n) is 1.87. The molecule has 0 amide bonds. The fourth-order valence-corrected chi connectivity index (χ4v) is 2.78. The molecule has 0 bridgehead atoms. The van der Waals surface area contributed by atoms with Gasteiger partial charge >= 0.3 is 6.18 Å². The van der Waals surface area contributed by atoms with Gasteiger partial charge in [0.1, 0.15) is 0 Å². The van der Waals surface area contributed by atoms with Gasteiger partial charge in [-0.05, 0) is 49.6 Å². The average molecular weight is 397 g/mol. The molecule has 17 heavy (non-hydrogen) atoms. The normalized spacial score (nSPS) is 14.7. The molecule has 3 nitrogen and oxygen atoms in total. The lowest BCUT2D eigenvalue weighted by molar-refractivity contribution is -0.131. The maximum Gasteiger partial charge on any atom is 0.410 e. The van der Waals surface area contributed by atoms with E-state index in [4.69, 9.17) is 0 Å². The highest BCUT2D eigenvalue weighted by Gasteiger charge is 2.48. The Morgan fingerprint density at radius 1 is 1.18 bits per heavy atom. The van der Waals surface area contributed by atoms with Crippen LogP contribution in [0.2, 0.25) is 0 Å². The van der Waals surface area contributed by atoms with Crippen LogP contribution in [-0.2, 0) is 10.0 Å². The first-order chi connectivity index (χ1) is 7.53. The largest absolute Gasteiger partial charge is 0.410 e. The molecule has 0 radical (unpaired) electrons. The minimum atomic E-state index is -4.96. The van der Waals surface area contributed by atoms with Crippen LogP contribution in [0.3, 0.4) is 0 Å². The molecule has 1 rings (SSSR count). The highest BCUT2D eigenvalue weighted by molar-refractivity contribution is 9.13. The molecule has 0 saturated carbocycles. The highest BCUT2D eigenvalue weighted by atomic mass is 79.9. The highest BCUT2D eigenvalue weighted by Crippen LogP contribution is 2.39. The first kappa shape index (κ1) is 14.9. The van der Waals surface area contributed by atoms with Gasteiger partial charge in [-0.2, -0.15) is 13.2 Å². The monoisotopic (exact) mass is 395 g/mol. The fraction of sp³-hybridized carbons (Fsp3) is 0.250. The minimum Gasteiger partial charge on any atom is -0.228 e. The van der Waals surface area contributed by atoms with Crippen LogP contribution in [0.1, 0.15) is 10.8 Å². The second-order valence-corrected chi connectivity index (χ2v) is 6.54. The molecule has 1 atom stereocenters. The Kier molecular flexibility index (Phi) is 4.28.